The van der Waals surface area contributed by atoms with Gasteiger partial charge < -0.3 is 9.47 Å². The number of fused-ring (bicyclic) bond motifs is 1. The molecule has 0 spiro atoms. The van der Waals surface area contributed by atoms with Gasteiger partial charge in [-0.15, -0.1) is 0 Å². The Kier molecular flexibility index (Phi) is 5.40. The van der Waals surface area contributed by atoms with Gasteiger partial charge in [-0.1, -0.05) is 30.7 Å². The third-order valence-corrected chi connectivity index (χ3v) is 7.14. The zero-order chi connectivity index (χ0) is 18.9. The van der Waals surface area contributed by atoms with Crippen molar-refractivity contribution in [3.63, 3.8) is 0 Å². The fourth-order valence-corrected chi connectivity index (χ4v) is 5.40. The molecule has 0 radical (unpaired) electrons. The number of benzene rings is 1. The van der Waals surface area contributed by atoms with Gasteiger partial charge in [-0.05, 0) is 42.2 Å². The molecular weight excluding hydrogens is 350 g/mol. The Morgan fingerprint density at radius 1 is 1.12 bits per heavy atom. The molecule has 1 heterocycles. The van der Waals surface area contributed by atoms with Crippen LogP contribution in [0, 0.1) is 12.3 Å². The van der Waals surface area contributed by atoms with E-state index in [1.165, 1.54) is 5.57 Å². The minimum Gasteiger partial charge on any atom is -0.380 e. The molecule has 0 bridgehead atoms. The quantitative estimate of drug-likeness (QED) is 0.765. The van der Waals surface area contributed by atoms with E-state index < -0.39 is 10.0 Å². The van der Waals surface area contributed by atoms with Gasteiger partial charge in [-0.2, -0.15) is 4.31 Å². The predicted molar refractivity (Wildman–Crippen MR) is 102 cm³/mol. The molecule has 1 atom stereocenters. The van der Waals surface area contributed by atoms with Crippen molar-refractivity contribution in [2.45, 2.75) is 25.2 Å². The second-order valence-electron chi connectivity index (χ2n) is 7.49. The molecule has 1 aromatic rings. The summed E-state index contributed by atoms with van der Waals surface area (Å²) < 4.78 is 38.4. The second kappa shape index (κ2) is 7.27. The Balaban J connectivity index is 1.90. The standard InChI is InChI=1S/C20H27NO4S/c1-15-5-7-19(8-6-15)26(22,23)21-11-18-9-16(12-24-3)17(13-25-4)10-20(18,2)14-21/h5-9H,10-14H2,1-4H3/t20-/m1/s1. The normalized spacial score (nSPS) is 23.9. The summed E-state index contributed by atoms with van der Waals surface area (Å²) in [6, 6.07) is 7.06. The number of rotatable bonds is 6. The van der Waals surface area contributed by atoms with Crippen LogP contribution in [0.25, 0.3) is 0 Å². The summed E-state index contributed by atoms with van der Waals surface area (Å²) in [6.07, 6.45) is 2.91. The number of sulfonamides is 1. The minimum atomic E-state index is -3.50. The van der Waals surface area contributed by atoms with Gasteiger partial charge in [0.15, 0.2) is 0 Å². The van der Waals surface area contributed by atoms with Crippen LogP contribution in [-0.4, -0.2) is 53.2 Å². The van der Waals surface area contributed by atoms with Crippen molar-refractivity contribution in [1.29, 1.82) is 0 Å². The Morgan fingerprint density at radius 2 is 1.77 bits per heavy atom. The van der Waals surface area contributed by atoms with E-state index in [2.05, 4.69) is 13.0 Å². The smallest absolute Gasteiger partial charge is 0.243 e. The van der Waals surface area contributed by atoms with E-state index in [4.69, 9.17) is 9.47 Å². The van der Waals surface area contributed by atoms with E-state index >= 15 is 0 Å². The van der Waals surface area contributed by atoms with Crippen LogP contribution >= 0.6 is 0 Å². The van der Waals surface area contributed by atoms with E-state index in [0.29, 0.717) is 31.2 Å². The second-order valence-corrected chi connectivity index (χ2v) is 9.43. The molecular formula is C20H27NO4S. The number of hydrogen-bond acceptors (Lipinski definition) is 4. The summed E-state index contributed by atoms with van der Waals surface area (Å²) >= 11 is 0. The maximum Gasteiger partial charge on any atom is 0.243 e. The lowest BCUT2D eigenvalue weighted by molar-refractivity contribution is 0.202. The van der Waals surface area contributed by atoms with Crippen LogP contribution in [-0.2, 0) is 19.5 Å². The fourth-order valence-electron chi connectivity index (χ4n) is 3.86. The lowest BCUT2D eigenvalue weighted by atomic mass is 9.74. The number of ether oxygens (including phenoxy) is 2. The van der Waals surface area contributed by atoms with Crippen molar-refractivity contribution in [3.05, 3.63) is 52.6 Å². The van der Waals surface area contributed by atoms with E-state index in [-0.39, 0.29) is 5.41 Å². The molecule has 0 amide bonds. The van der Waals surface area contributed by atoms with Gasteiger partial charge in [0.25, 0.3) is 0 Å². The Morgan fingerprint density at radius 3 is 2.38 bits per heavy atom. The molecule has 26 heavy (non-hydrogen) atoms. The predicted octanol–water partition coefficient (Wildman–Crippen LogP) is 2.93. The van der Waals surface area contributed by atoms with Crippen molar-refractivity contribution in [2.75, 3.05) is 40.5 Å². The van der Waals surface area contributed by atoms with Gasteiger partial charge in [-0.25, -0.2) is 8.42 Å². The number of hydrogen-bond donors (Lipinski definition) is 0. The highest BCUT2D eigenvalue weighted by Crippen LogP contribution is 2.46. The average Bonchev–Trinajstić information content (AvgIpc) is 2.93. The molecule has 1 aliphatic heterocycles. The zero-order valence-electron chi connectivity index (χ0n) is 15.9. The lowest BCUT2D eigenvalue weighted by Crippen LogP contribution is -2.32. The number of aryl methyl sites for hydroxylation is 1. The van der Waals surface area contributed by atoms with Crippen molar-refractivity contribution < 1.29 is 17.9 Å². The summed E-state index contributed by atoms with van der Waals surface area (Å²) in [5.41, 5.74) is 4.31. The van der Waals surface area contributed by atoms with Crippen molar-refractivity contribution in [2.24, 2.45) is 5.41 Å². The summed E-state index contributed by atoms with van der Waals surface area (Å²) in [4.78, 5) is 0.355. The Bertz CT molecular complexity index is 839. The van der Waals surface area contributed by atoms with E-state index in [0.717, 1.165) is 23.1 Å². The summed E-state index contributed by atoms with van der Waals surface area (Å²) in [5.74, 6) is 0. The lowest BCUT2D eigenvalue weighted by Gasteiger charge is -2.32. The maximum atomic E-state index is 13.1. The van der Waals surface area contributed by atoms with Crippen LogP contribution in [0.15, 0.2) is 52.0 Å². The highest BCUT2D eigenvalue weighted by Gasteiger charge is 2.45. The van der Waals surface area contributed by atoms with Gasteiger partial charge in [0.05, 0.1) is 18.1 Å². The molecule has 1 fully saturated rings. The van der Waals surface area contributed by atoms with Gasteiger partial charge in [0, 0.05) is 32.7 Å². The van der Waals surface area contributed by atoms with Gasteiger partial charge in [0.2, 0.25) is 10.0 Å². The molecule has 1 saturated heterocycles. The van der Waals surface area contributed by atoms with Crippen molar-refractivity contribution >= 4 is 10.0 Å². The Labute approximate surface area is 156 Å². The SMILES string of the molecule is COCC1=C(COC)C[C@]2(C)CN(S(=O)(=O)c3ccc(C)cc3)CC2=C1. The fraction of sp³-hybridized carbons (Fsp3) is 0.500. The first-order chi connectivity index (χ1) is 12.3. The molecule has 0 unspecified atom stereocenters. The molecule has 0 saturated carbocycles. The third-order valence-electron chi connectivity index (χ3n) is 5.33. The van der Waals surface area contributed by atoms with Crippen LogP contribution in [0.3, 0.4) is 0 Å². The average molecular weight is 378 g/mol. The molecule has 2 aliphatic rings. The first-order valence-electron chi connectivity index (χ1n) is 8.77. The van der Waals surface area contributed by atoms with Gasteiger partial charge in [0.1, 0.15) is 0 Å². The number of methoxy groups -OCH3 is 2. The van der Waals surface area contributed by atoms with Crippen LogP contribution in [0.4, 0.5) is 0 Å². The van der Waals surface area contributed by atoms with E-state index in [9.17, 15) is 8.42 Å². The summed E-state index contributed by atoms with van der Waals surface area (Å²) in [6.45, 7) is 6.07. The Hall–Kier alpha value is -1.47. The molecule has 1 aliphatic carbocycles. The van der Waals surface area contributed by atoms with E-state index in [1.807, 2.05) is 19.1 Å². The summed E-state index contributed by atoms with van der Waals surface area (Å²) in [5, 5.41) is 0. The topological polar surface area (TPSA) is 55.8 Å². The van der Waals surface area contributed by atoms with Gasteiger partial charge in [-0.3, -0.25) is 0 Å². The molecule has 3 rings (SSSR count). The van der Waals surface area contributed by atoms with Crippen LogP contribution in [0.1, 0.15) is 18.9 Å². The largest absolute Gasteiger partial charge is 0.380 e. The van der Waals surface area contributed by atoms with Crippen molar-refractivity contribution in [1.82, 2.24) is 4.31 Å². The minimum absolute atomic E-state index is 0.192. The highest BCUT2D eigenvalue weighted by atomic mass is 32.2. The molecule has 0 N–H and O–H groups in total. The highest BCUT2D eigenvalue weighted by molar-refractivity contribution is 7.89. The van der Waals surface area contributed by atoms with Gasteiger partial charge >= 0.3 is 0 Å². The first-order valence-corrected chi connectivity index (χ1v) is 10.2. The molecule has 142 valence electrons. The van der Waals surface area contributed by atoms with Crippen LogP contribution in [0.2, 0.25) is 0 Å². The van der Waals surface area contributed by atoms with Crippen LogP contribution in [0.5, 0.6) is 0 Å². The molecule has 0 aromatic heterocycles. The summed E-state index contributed by atoms with van der Waals surface area (Å²) in [7, 11) is -0.144. The maximum absolute atomic E-state index is 13.1. The monoisotopic (exact) mass is 377 g/mol. The zero-order valence-corrected chi connectivity index (χ0v) is 16.7. The van der Waals surface area contributed by atoms with Crippen molar-refractivity contribution in [3.8, 4) is 0 Å². The third kappa shape index (κ3) is 3.51. The molecule has 5 nitrogen and oxygen atoms in total. The number of nitrogens with zero attached hydrogens (tertiary/aromatic N) is 1. The molecule has 1 aromatic carbocycles. The van der Waals surface area contributed by atoms with Crippen LogP contribution < -0.4 is 0 Å². The first kappa shape index (κ1) is 19.3. The van der Waals surface area contributed by atoms with E-state index in [1.54, 1.807) is 30.7 Å². The molecule has 6 heteroatoms.